The number of nitrogens with zero attached hydrogens (tertiary/aromatic N) is 2. The van der Waals surface area contributed by atoms with Crippen molar-refractivity contribution in [2.45, 2.75) is 18.5 Å². The Hall–Kier alpha value is -2.93. The average Bonchev–Trinajstić information content (AvgIpc) is 3.17. The van der Waals surface area contributed by atoms with Crippen LogP contribution >= 0.6 is 11.6 Å². The van der Waals surface area contributed by atoms with Crippen LogP contribution in [0.2, 0.25) is 5.02 Å². The third kappa shape index (κ3) is 2.05. The molecule has 4 amide bonds. The topological polar surface area (TPSA) is 88.5 Å². The summed E-state index contributed by atoms with van der Waals surface area (Å²) in [5.74, 6) is -2.54. The minimum absolute atomic E-state index is 0.0776. The van der Waals surface area contributed by atoms with Crippen LogP contribution < -0.4 is 5.32 Å². The Bertz CT molecular complexity index is 951. The Morgan fingerprint density at radius 3 is 2.52 bits per heavy atom. The lowest BCUT2D eigenvalue weighted by molar-refractivity contribution is -0.147. The third-order valence-corrected chi connectivity index (χ3v) is 4.92. The first-order chi connectivity index (χ1) is 11.9. The normalized spacial score (nSPS) is 22.5. The molecule has 0 radical (unpaired) electrons. The number of imide groups is 2. The first-order valence-corrected chi connectivity index (χ1v) is 7.95. The van der Waals surface area contributed by atoms with Gasteiger partial charge < -0.3 is 4.57 Å². The summed E-state index contributed by atoms with van der Waals surface area (Å²) in [5, 5.41) is 2.57. The van der Waals surface area contributed by atoms with Crippen LogP contribution in [-0.4, -0.2) is 33.1 Å². The maximum atomic E-state index is 13.1. The second-order valence-corrected chi connectivity index (χ2v) is 6.37. The number of carbonyl (C=O) groups is 4. The number of fused-ring (bicyclic) bond motifs is 2. The van der Waals surface area contributed by atoms with Gasteiger partial charge in [-0.05, 0) is 23.8 Å². The highest BCUT2D eigenvalue weighted by atomic mass is 35.5. The lowest BCUT2D eigenvalue weighted by Crippen LogP contribution is -2.60. The molecule has 2 aromatic rings. The zero-order valence-electron chi connectivity index (χ0n) is 12.9. The summed E-state index contributed by atoms with van der Waals surface area (Å²) < 4.78 is 1.29. The van der Waals surface area contributed by atoms with Gasteiger partial charge in [0.05, 0.1) is 13.0 Å². The third-order valence-electron chi connectivity index (χ3n) is 4.55. The van der Waals surface area contributed by atoms with E-state index in [0.29, 0.717) is 10.6 Å². The number of aromatic nitrogens is 1. The highest BCUT2D eigenvalue weighted by Crippen LogP contribution is 2.36. The molecule has 0 bridgehead atoms. The van der Waals surface area contributed by atoms with Gasteiger partial charge in [-0.3, -0.25) is 29.4 Å². The van der Waals surface area contributed by atoms with E-state index in [4.69, 9.17) is 11.6 Å². The minimum atomic E-state index is -1.76. The molecule has 0 saturated carbocycles. The molecule has 7 nitrogen and oxygen atoms in total. The summed E-state index contributed by atoms with van der Waals surface area (Å²) in [7, 11) is 0. The molecule has 2 aliphatic rings. The van der Waals surface area contributed by atoms with Gasteiger partial charge in [-0.15, -0.1) is 0 Å². The van der Waals surface area contributed by atoms with E-state index >= 15 is 0 Å². The van der Waals surface area contributed by atoms with E-state index in [1.807, 2.05) is 0 Å². The number of hydrogen-bond donors (Lipinski definition) is 1. The number of nitrogens with one attached hydrogen (secondary N) is 1. The van der Waals surface area contributed by atoms with Crippen LogP contribution in [0.1, 0.15) is 22.5 Å². The second kappa shape index (κ2) is 5.29. The Balaban J connectivity index is 1.84. The van der Waals surface area contributed by atoms with E-state index < -0.39 is 29.2 Å². The number of carbonyl (C=O) groups excluding carboxylic acids is 4. The van der Waals surface area contributed by atoms with Gasteiger partial charge in [0.25, 0.3) is 17.7 Å². The first-order valence-electron chi connectivity index (χ1n) is 7.57. The van der Waals surface area contributed by atoms with E-state index in [-0.39, 0.29) is 18.7 Å². The maximum Gasteiger partial charge on any atom is 0.277 e. The van der Waals surface area contributed by atoms with E-state index in [9.17, 15) is 19.2 Å². The number of benzene rings is 1. The second-order valence-electron chi connectivity index (χ2n) is 5.97. The van der Waals surface area contributed by atoms with Crippen LogP contribution in [0.3, 0.4) is 0 Å². The van der Waals surface area contributed by atoms with Crippen LogP contribution in [-0.2, 0) is 26.5 Å². The maximum absolute atomic E-state index is 13.1. The first kappa shape index (κ1) is 15.6. The van der Waals surface area contributed by atoms with E-state index in [2.05, 4.69) is 5.32 Å². The Labute approximate surface area is 147 Å². The lowest BCUT2D eigenvalue weighted by atomic mass is 9.91. The van der Waals surface area contributed by atoms with Gasteiger partial charge in [-0.2, -0.15) is 0 Å². The Morgan fingerprint density at radius 1 is 1.08 bits per heavy atom. The van der Waals surface area contributed by atoms with Gasteiger partial charge in [0.15, 0.2) is 0 Å². The fourth-order valence-electron chi connectivity index (χ4n) is 3.34. The Morgan fingerprint density at radius 2 is 1.84 bits per heavy atom. The monoisotopic (exact) mass is 357 g/mol. The van der Waals surface area contributed by atoms with Crippen LogP contribution in [0.5, 0.6) is 0 Å². The summed E-state index contributed by atoms with van der Waals surface area (Å²) in [5.41, 5.74) is -1.01. The molecule has 1 N–H and O–H groups in total. The van der Waals surface area contributed by atoms with Gasteiger partial charge in [-0.1, -0.05) is 29.8 Å². The molecule has 1 saturated heterocycles. The van der Waals surface area contributed by atoms with E-state index in [0.717, 1.165) is 4.90 Å². The molecule has 8 heteroatoms. The van der Waals surface area contributed by atoms with Crippen molar-refractivity contribution in [2.24, 2.45) is 0 Å². The summed E-state index contributed by atoms with van der Waals surface area (Å²) in [4.78, 5) is 51.1. The highest BCUT2D eigenvalue weighted by Gasteiger charge is 2.60. The van der Waals surface area contributed by atoms with Crippen molar-refractivity contribution in [1.82, 2.24) is 14.8 Å². The SMILES string of the molecule is O=C1CC2(C(=O)N1)C(=O)N(Cc1ccccc1Cl)C(=O)c1cccn12. The van der Waals surface area contributed by atoms with E-state index in [1.165, 1.54) is 16.8 Å². The highest BCUT2D eigenvalue weighted by molar-refractivity contribution is 6.31. The van der Waals surface area contributed by atoms with Crippen molar-refractivity contribution in [3.63, 3.8) is 0 Å². The molecule has 126 valence electrons. The summed E-state index contributed by atoms with van der Waals surface area (Å²) >= 11 is 6.13. The summed E-state index contributed by atoms with van der Waals surface area (Å²) in [6.45, 7) is -0.0776. The van der Waals surface area contributed by atoms with Gasteiger partial charge in [0, 0.05) is 11.2 Å². The summed E-state index contributed by atoms with van der Waals surface area (Å²) in [6, 6.07) is 9.92. The molecule has 1 aromatic heterocycles. The molecule has 1 spiro atoms. The molecule has 1 unspecified atom stereocenters. The van der Waals surface area contributed by atoms with Crippen molar-refractivity contribution in [2.75, 3.05) is 0 Å². The molecule has 1 fully saturated rings. The number of amides is 4. The van der Waals surface area contributed by atoms with Crippen molar-refractivity contribution in [1.29, 1.82) is 0 Å². The molecule has 4 rings (SSSR count). The van der Waals surface area contributed by atoms with Gasteiger partial charge in [0.1, 0.15) is 5.69 Å². The van der Waals surface area contributed by atoms with Gasteiger partial charge in [-0.25, -0.2) is 0 Å². The molecule has 25 heavy (non-hydrogen) atoms. The lowest BCUT2D eigenvalue weighted by Gasteiger charge is -2.37. The molecule has 3 heterocycles. The fourth-order valence-corrected chi connectivity index (χ4v) is 3.54. The minimum Gasteiger partial charge on any atom is -0.320 e. The predicted octanol–water partition coefficient (Wildman–Crippen LogP) is 1.07. The van der Waals surface area contributed by atoms with Crippen molar-refractivity contribution >= 4 is 35.2 Å². The zero-order chi connectivity index (χ0) is 17.8. The number of halogens is 1. The number of hydrogen-bond acceptors (Lipinski definition) is 4. The average molecular weight is 358 g/mol. The molecule has 0 aliphatic carbocycles. The largest absolute Gasteiger partial charge is 0.320 e. The molecule has 1 atom stereocenters. The predicted molar refractivity (Wildman–Crippen MR) is 86.5 cm³/mol. The number of rotatable bonds is 2. The standard InChI is InChI=1S/C17H12ClN3O4/c18-11-5-2-1-4-10(11)9-20-14(23)12-6-3-7-21(12)17(16(20)25)8-13(22)19-15(17)24/h1-7H,8-9H2,(H,19,22,24). The van der Waals surface area contributed by atoms with Crippen LogP contribution in [0, 0.1) is 0 Å². The van der Waals surface area contributed by atoms with Crippen molar-refractivity contribution in [3.8, 4) is 0 Å². The molecule has 1 aromatic carbocycles. The fraction of sp³-hybridized carbons (Fsp3) is 0.176. The zero-order valence-corrected chi connectivity index (χ0v) is 13.6. The van der Waals surface area contributed by atoms with Crippen molar-refractivity contribution in [3.05, 3.63) is 58.9 Å². The Kier molecular flexibility index (Phi) is 3.30. The van der Waals surface area contributed by atoms with Crippen LogP contribution in [0.4, 0.5) is 0 Å². The van der Waals surface area contributed by atoms with Crippen LogP contribution in [0.25, 0.3) is 0 Å². The smallest absolute Gasteiger partial charge is 0.277 e. The molecule has 2 aliphatic heterocycles. The quantitative estimate of drug-likeness (QED) is 0.643. The summed E-state index contributed by atoms with van der Waals surface area (Å²) in [6.07, 6.45) is 1.13. The van der Waals surface area contributed by atoms with Gasteiger partial charge >= 0.3 is 0 Å². The molecular weight excluding hydrogens is 346 g/mol. The van der Waals surface area contributed by atoms with Crippen molar-refractivity contribution < 1.29 is 19.2 Å². The van der Waals surface area contributed by atoms with E-state index in [1.54, 1.807) is 30.3 Å². The van der Waals surface area contributed by atoms with Crippen LogP contribution in [0.15, 0.2) is 42.6 Å². The van der Waals surface area contributed by atoms with Gasteiger partial charge in [0.2, 0.25) is 11.4 Å². The molecular formula is C17H12ClN3O4.